The number of hydrogen-bond donors (Lipinski definition) is 0. The zero-order chi connectivity index (χ0) is 13.8. The van der Waals surface area contributed by atoms with E-state index in [9.17, 15) is 4.79 Å². The Labute approximate surface area is 115 Å². The minimum absolute atomic E-state index is 0.128. The molecule has 0 aliphatic carbocycles. The third-order valence-electron chi connectivity index (χ3n) is 4.08. The smallest absolute Gasteiger partial charge is 0.225 e. The van der Waals surface area contributed by atoms with Gasteiger partial charge < -0.3 is 9.64 Å². The molecule has 3 heteroatoms. The lowest BCUT2D eigenvalue weighted by atomic mass is 10.0. The molecule has 0 fully saturated rings. The van der Waals surface area contributed by atoms with Gasteiger partial charge in [-0.15, -0.1) is 0 Å². The molecule has 1 aromatic rings. The van der Waals surface area contributed by atoms with E-state index < -0.39 is 0 Å². The van der Waals surface area contributed by atoms with Crippen LogP contribution in [0.15, 0.2) is 18.2 Å². The summed E-state index contributed by atoms with van der Waals surface area (Å²) in [5.41, 5.74) is 2.59. The normalized spacial score (nSPS) is 16.5. The number of carbonyl (C=O) groups excluding carboxylic acids is 1. The molecule has 1 heterocycles. The minimum Gasteiger partial charge on any atom is -0.496 e. The van der Waals surface area contributed by atoms with E-state index in [2.05, 4.69) is 13.0 Å². The van der Waals surface area contributed by atoms with Crippen molar-refractivity contribution in [2.24, 2.45) is 5.92 Å². The molecule has 19 heavy (non-hydrogen) atoms. The second-order valence-corrected chi connectivity index (χ2v) is 5.23. The monoisotopic (exact) mass is 261 g/mol. The summed E-state index contributed by atoms with van der Waals surface area (Å²) in [5, 5.41) is 0. The number of methoxy groups -OCH3 is 1. The van der Waals surface area contributed by atoms with Gasteiger partial charge in [-0.25, -0.2) is 0 Å². The highest BCUT2D eigenvalue weighted by Crippen LogP contribution is 2.26. The third-order valence-corrected chi connectivity index (χ3v) is 4.08. The van der Waals surface area contributed by atoms with E-state index in [1.54, 1.807) is 7.11 Å². The summed E-state index contributed by atoms with van der Waals surface area (Å²) in [6, 6.07) is 6.18. The van der Waals surface area contributed by atoms with Crippen LogP contribution in [0.4, 0.5) is 0 Å². The lowest BCUT2D eigenvalue weighted by molar-refractivity contribution is -0.134. The summed E-state index contributed by atoms with van der Waals surface area (Å²) in [4.78, 5) is 14.3. The fourth-order valence-electron chi connectivity index (χ4n) is 2.64. The summed E-state index contributed by atoms with van der Waals surface area (Å²) in [6.07, 6.45) is 2.72. The lowest BCUT2D eigenvalue weighted by Gasteiger charge is -2.23. The van der Waals surface area contributed by atoms with E-state index in [0.717, 1.165) is 38.1 Å². The van der Waals surface area contributed by atoms with Crippen molar-refractivity contribution in [3.63, 3.8) is 0 Å². The van der Waals surface area contributed by atoms with Gasteiger partial charge in [0, 0.05) is 19.0 Å². The van der Waals surface area contributed by atoms with E-state index in [-0.39, 0.29) is 11.8 Å². The summed E-state index contributed by atoms with van der Waals surface area (Å²) >= 11 is 0. The first-order valence-corrected chi connectivity index (χ1v) is 7.11. The Hall–Kier alpha value is -1.51. The van der Waals surface area contributed by atoms with Crippen molar-refractivity contribution in [1.82, 2.24) is 4.90 Å². The predicted molar refractivity (Wildman–Crippen MR) is 76.4 cm³/mol. The van der Waals surface area contributed by atoms with Gasteiger partial charge in [0.15, 0.2) is 0 Å². The first-order chi connectivity index (χ1) is 9.17. The quantitative estimate of drug-likeness (QED) is 0.837. The SMILES string of the molecule is CC[C@@H](C)C(=O)N1CCc2cccc(OC)c2CC1. The number of fused-ring (bicyclic) bond motifs is 1. The Bertz CT molecular complexity index is 456. The van der Waals surface area contributed by atoms with Crippen LogP contribution in [0.3, 0.4) is 0 Å². The summed E-state index contributed by atoms with van der Waals surface area (Å²) in [5.74, 6) is 1.37. The predicted octanol–water partition coefficient (Wildman–Crippen LogP) is 2.67. The summed E-state index contributed by atoms with van der Waals surface area (Å²) in [6.45, 7) is 5.71. The minimum atomic E-state index is 0.128. The van der Waals surface area contributed by atoms with E-state index in [0.29, 0.717) is 0 Å². The van der Waals surface area contributed by atoms with Crippen LogP contribution in [0.1, 0.15) is 31.4 Å². The van der Waals surface area contributed by atoms with Gasteiger partial charge in [-0.2, -0.15) is 0 Å². The van der Waals surface area contributed by atoms with Gasteiger partial charge >= 0.3 is 0 Å². The number of benzene rings is 1. The van der Waals surface area contributed by atoms with E-state index in [1.165, 1.54) is 11.1 Å². The van der Waals surface area contributed by atoms with Crippen LogP contribution in [0, 0.1) is 5.92 Å². The summed E-state index contributed by atoms with van der Waals surface area (Å²) in [7, 11) is 1.71. The molecule has 0 N–H and O–H groups in total. The highest BCUT2D eigenvalue weighted by Gasteiger charge is 2.23. The van der Waals surface area contributed by atoms with Crippen LogP contribution in [-0.4, -0.2) is 31.0 Å². The molecule has 1 aliphatic rings. The molecule has 2 rings (SSSR count). The molecular weight excluding hydrogens is 238 g/mol. The number of amides is 1. The molecule has 0 aromatic heterocycles. The highest BCUT2D eigenvalue weighted by atomic mass is 16.5. The Morgan fingerprint density at radius 1 is 1.37 bits per heavy atom. The highest BCUT2D eigenvalue weighted by molar-refractivity contribution is 5.78. The number of carbonyl (C=O) groups is 1. The maximum absolute atomic E-state index is 12.3. The van der Waals surface area contributed by atoms with E-state index in [1.807, 2.05) is 24.0 Å². The topological polar surface area (TPSA) is 29.5 Å². The third kappa shape index (κ3) is 2.91. The maximum atomic E-state index is 12.3. The molecule has 1 amide bonds. The lowest BCUT2D eigenvalue weighted by Crippen LogP contribution is -2.36. The van der Waals surface area contributed by atoms with Gasteiger partial charge in [-0.1, -0.05) is 26.0 Å². The number of ether oxygens (including phenoxy) is 1. The largest absolute Gasteiger partial charge is 0.496 e. The van der Waals surface area contributed by atoms with Gasteiger partial charge in [0.2, 0.25) is 5.91 Å². The first kappa shape index (κ1) is 13.9. The van der Waals surface area contributed by atoms with Gasteiger partial charge in [0.1, 0.15) is 5.75 Å². The second kappa shape index (κ2) is 6.09. The van der Waals surface area contributed by atoms with Crippen LogP contribution in [0.5, 0.6) is 5.75 Å². The van der Waals surface area contributed by atoms with Crippen LogP contribution in [0.2, 0.25) is 0 Å². The van der Waals surface area contributed by atoms with Crippen molar-refractivity contribution in [3.8, 4) is 5.75 Å². The van der Waals surface area contributed by atoms with Gasteiger partial charge in [0.05, 0.1) is 7.11 Å². The Morgan fingerprint density at radius 2 is 2.11 bits per heavy atom. The average Bonchev–Trinajstić information content (AvgIpc) is 2.67. The van der Waals surface area contributed by atoms with Crippen LogP contribution >= 0.6 is 0 Å². The zero-order valence-electron chi connectivity index (χ0n) is 12.1. The van der Waals surface area contributed by atoms with Crippen molar-refractivity contribution in [2.75, 3.05) is 20.2 Å². The van der Waals surface area contributed by atoms with Crippen LogP contribution < -0.4 is 4.74 Å². The fourth-order valence-corrected chi connectivity index (χ4v) is 2.64. The van der Waals surface area contributed by atoms with Crippen molar-refractivity contribution in [1.29, 1.82) is 0 Å². The van der Waals surface area contributed by atoms with E-state index >= 15 is 0 Å². The molecule has 0 bridgehead atoms. The van der Waals surface area contributed by atoms with Crippen LogP contribution in [0.25, 0.3) is 0 Å². The molecule has 104 valence electrons. The van der Waals surface area contributed by atoms with Gasteiger partial charge in [-0.05, 0) is 36.5 Å². The van der Waals surface area contributed by atoms with Crippen LogP contribution in [-0.2, 0) is 17.6 Å². The number of rotatable bonds is 3. The van der Waals surface area contributed by atoms with Crippen molar-refractivity contribution >= 4 is 5.91 Å². The molecular formula is C16H23NO2. The van der Waals surface area contributed by atoms with Gasteiger partial charge in [0.25, 0.3) is 0 Å². The Kier molecular flexibility index (Phi) is 4.46. The molecule has 0 saturated heterocycles. The molecule has 1 aliphatic heterocycles. The van der Waals surface area contributed by atoms with Crippen molar-refractivity contribution in [2.45, 2.75) is 33.1 Å². The molecule has 1 atom stereocenters. The maximum Gasteiger partial charge on any atom is 0.225 e. The molecule has 0 saturated carbocycles. The average molecular weight is 261 g/mol. The molecule has 3 nitrogen and oxygen atoms in total. The Balaban J connectivity index is 2.15. The fraction of sp³-hybridized carbons (Fsp3) is 0.562. The standard InChI is InChI=1S/C16H23NO2/c1-4-12(2)16(18)17-10-8-13-6-5-7-15(19-3)14(13)9-11-17/h5-7,12H,4,8-11H2,1-3H3/t12-/m1/s1. The molecule has 0 radical (unpaired) electrons. The first-order valence-electron chi connectivity index (χ1n) is 7.11. The Morgan fingerprint density at radius 3 is 2.79 bits per heavy atom. The van der Waals surface area contributed by atoms with Crippen molar-refractivity contribution < 1.29 is 9.53 Å². The number of hydrogen-bond acceptors (Lipinski definition) is 2. The molecule has 0 spiro atoms. The van der Waals surface area contributed by atoms with E-state index in [4.69, 9.17) is 4.74 Å². The second-order valence-electron chi connectivity index (χ2n) is 5.23. The zero-order valence-corrected chi connectivity index (χ0v) is 12.1. The van der Waals surface area contributed by atoms with Crippen molar-refractivity contribution in [3.05, 3.63) is 29.3 Å². The number of nitrogens with zero attached hydrogens (tertiary/aromatic N) is 1. The molecule has 0 unspecified atom stereocenters. The van der Waals surface area contributed by atoms with Gasteiger partial charge in [-0.3, -0.25) is 4.79 Å². The molecule has 1 aromatic carbocycles. The summed E-state index contributed by atoms with van der Waals surface area (Å²) < 4.78 is 5.43.